The number of hydrogen-bond acceptors (Lipinski definition) is 0. The number of benzene rings is 2. The van der Waals surface area contributed by atoms with E-state index in [0.717, 1.165) is 61.0 Å². The first-order chi connectivity index (χ1) is 31.0. The van der Waals surface area contributed by atoms with Crippen LogP contribution in [0.15, 0.2) is 59.7 Å². The normalized spacial score (nSPS) is 12.3. The zero-order chi connectivity index (χ0) is 46.0. The first-order valence-electron chi connectivity index (χ1n) is 27.7. The van der Waals surface area contributed by atoms with Crippen molar-refractivity contribution in [1.29, 1.82) is 0 Å². The summed E-state index contributed by atoms with van der Waals surface area (Å²) in [7, 11) is 0. The minimum Gasteiger partial charge on any atom is -0.493 e. The average molecular weight is 924 g/mol. The van der Waals surface area contributed by atoms with Crippen molar-refractivity contribution >= 4 is 11.4 Å². The van der Waals surface area contributed by atoms with E-state index in [-0.39, 0.29) is 16.5 Å². The first kappa shape index (κ1) is 62.0. The SMILES string of the molecule is CCCCCCC1=C(c2ccc(CCCCCC)cc2)[N+](=[N-])C(c2ccc(CCCC)cc2)=C1CCCCC.[CH2-]CCCCCCCCCCC.[CH2-]CCCCCCCCCCC.[Ni+2]. The van der Waals surface area contributed by atoms with E-state index >= 15 is 0 Å². The van der Waals surface area contributed by atoms with Crippen LogP contribution in [0.1, 0.15) is 289 Å². The van der Waals surface area contributed by atoms with Gasteiger partial charge in [0.15, 0.2) is 0 Å². The second-order valence-corrected chi connectivity index (χ2v) is 18.9. The summed E-state index contributed by atoms with van der Waals surface area (Å²) in [5.41, 5.74) is 21.7. The van der Waals surface area contributed by atoms with E-state index < -0.39 is 0 Å². The molecule has 0 saturated carbocycles. The van der Waals surface area contributed by atoms with E-state index in [0.29, 0.717) is 0 Å². The van der Waals surface area contributed by atoms with Crippen molar-refractivity contribution in [3.05, 3.63) is 101 Å². The molecule has 0 aliphatic carbocycles. The van der Waals surface area contributed by atoms with Gasteiger partial charge >= 0.3 is 16.5 Å². The van der Waals surface area contributed by atoms with Gasteiger partial charge in [-0.2, -0.15) is 12.8 Å². The van der Waals surface area contributed by atoms with Crippen molar-refractivity contribution < 1.29 is 21.2 Å². The summed E-state index contributed by atoms with van der Waals surface area (Å²) < 4.78 is 1.55. The molecule has 2 aromatic carbocycles. The topological polar surface area (TPSA) is 25.3 Å². The van der Waals surface area contributed by atoms with Gasteiger partial charge in [-0.15, -0.1) is 0 Å². The van der Waals surface area contributed by atoms with E-state index in [1.165, 1.54) is 221 Å². The number of rotatable bonds is 37. The third-order valence-corrected chi connectivity index (χ3v) is 13.0. The van der Waals surface area contributed by atoms with Gasteiger partial charge in [0.2, 0.25) is 11.4 Å². The van der Waals surface area contributed by atoms with Gasteiger partial charge in [-0.1, -0.05) is 239 Å². The number of hydrogen-bond donors (Lipinski definition) is 0. The minimum atomic E-state index is 0. The monoisotopic (exact) mass is 923 g/mol. The van der Waals surface area contributed by atoms with Gasteiger partial charge in [0.1, 0.15) is 0 Å². The molecule has 0 atom stereocenters. The van der Waals surface area contributed by atoms with Gasteiger partial charge < -0.3 is 19.4 Å². The fourth-order valence-electron chi connectivity index (χ4n) is 8.84. The maximum atomic E-state index is 11.9. The molecule has 64 heavy (non-hydrogen) atoms. The van der Waals surface area contributed by atoms with Crippen molar-refractivity contribution in [3.63, 3.8) is 0 Å². The summed E-state index contributed by atoms with van der Waals surface area (Å²) in [5, 5.41) is 0. The quantitative estimate of drug-likeness (QED) is 0.0279. The first-order valence-corrected chi connectivity index (χ1v) is 27.7. The van der Waals surface area contributed by atoms with Crippen LogP contribution in [0.5, 0.6) is 0 Å². The van der Waals surface area contributed by atoms with Gasteiger partial charge in [0.25, 0.3) is 0 Å². The number of allylic oxidation sites excluding steroid dienone is 2. The summed E-state index contributed by atoms with van der Waals surface area (Å²) >= 11 is 0. The Morgan fingerprint density at radius 2 is 0.578 bits per heavy atom. The fraction of sp³-hybridized carbons (Fsp3) is 0.705. The van der Waals surface area contributed by atoms with Crippen LogP contribution in [0.4, 0.5) is 0 Å². The van der Waals surface area contributed by atoms with E-state index in [4.69, 9.17) is 0 Å². The Bertz CT molecular complexity index is 1360. The Hall–Kier alpha value is -1.99. The predicted molar refractivity (Wildman–Crippen MR) is 284 cm³/mol. The summed E-state index contributed by atoms with van der Waals surface area (Å²) in [6, 6.07) is 18.1. The molecule has 3 rings (SSSR count). The Balaban J connectivity index is 0.00000130. The molecule has 0 aromatic heterocycles. The molecule has 3 heteroatoms. The van der Waals surface area contributed by atoms with Crippen molar-refractivity contribution in [2.24, 2.45) is 0 Å². The molecule has 368 valence electrons. The fourth-order valence-corrected chi connectivity index (χ4v) is 8.84. The Morgan fingerprint density at radius 1 is 0.328 bits per heavy atom. The minimum absolute atomic E-state index is 0. The summed E-state index contributed by atoms with van der Waals surface area (Å²) in [6.45, 7) is 21.3. The molecule has 0 unspecified atom stereocenters. The molecule has 0 saturated heterocycles. The summed E-state index contributed by atoms with van der Waals surface area (Å²) in [4.78, 5) is 0. The van der Waals surface area contributed by atoms with Crippen LogP contribution in [-0.4, -0.2) is 4.70 Å². The largest absolute Gasteiger partial charge is 2.00 e. The molecule has 1 heterocycles. The van der Waals surface area contributed by atoms with Crippen molar-refractivity contribution in [3.8, 4) is 0 Å². The molecule has 0 radical (unpaired) electrons. The summed E-state index contributed by atoms with van der Waals surface area (Å²) in [5.74, 6) is 0. The number of aryl methyl sites for hydroxylation is 2. The summed E-state index contributed by atoms with van der Waals surface area (Å²) in [6.07, 6.45) is 48.2. The molecule has 0 spiro atoms. The average Bonchev–Trinajstić information content (AvgIpc) is 3.58. The molecule has 1 aliphatic heterocycles. The Morgan fingerprint density at radius 3 is 0.906 bits per heavy atom. The van der Waals surface area contributed by atoms with Gasteiger partial charge in [0, 0.05) is 22.3 Å². The van der Waals surface area contributed by atoms with Gasteiger partial charge in [-0.25, -0.2) is 4.70 Å². The van der Waals surface area contributed by atoms with E-state index in [9.17, 15) is 5.53 Å². The van der Waals surface area contributed by atoms with Crippen LogP contribution >= 0.6 is 0 Å². The molecule has 2 nitrogen and oxygen atoms in total. The second-order valence-electron chi connectivity index (χ2n) is 18.9. The third-order valence-electron chi connectivity index (χ3n) is 13.0. The molecular weight excluding hydrogens is 819 g/mol. The smallest absolute Gasteiger partial charge is 0.493 e. The molecule has 0 amide bonds. The van der Waals surface area contributed by atoms with Crippen LogP contribution < -0.4 is 0 Å². The maximum absolute atomic E-state index is 11.9. The molecule has 2 aromatic rings. The Kier molecular flexibility index (Phi) is 43.4. The van der Waals surface area contributed by atoms with E-state index in [1.807, 2.05) is 0 Å². The van der Waals surface area contributed by atoms with E-state index in [1.54, 1.807) is 4.70 Å². The zero-order valence-electron chi connectivity index (χ0n) is 43.4. The van der Waals surface area contributed by atoms with Crippen molar-refractivity contribution in [2.45, 2.75) is 279 Å². The number of unbranched alkanes of at least 4 members (excludes halogenated alkanes) is 27. The van der Waals surface area contributed by atoms with Gasteiger partial charge in [0.05, 0.1) is 0 Å². The van der Waals surface area contributed by atoms with Crippen molar-refractivity contribution in [2.75, 3.05) is 0 Å². The Labute approximate surface area is 410 Å². The molecule has 0 bridgehead atoms. The maximum Gasteiger partial charge on any atom is 2.00 e. The van der Waals surface area contributed by atoms with E-state index in [2.05, 4.69) is 104 Å². The standard InChI is InChI=1S/C37H54N2.2C12H25.Ni/c1-5-9-13-16-19-31-24-28-33(29-25-31)37-35(21-17-14-10-6-2)34(20-15-11-7-3)36(39(37)38)32-26-22-30(23-27-32)18-12-8-4;2*1-3-5-7-9-11-12-10-8-6-4-2;/h22-29H,5-21H2,1-4H3;2*1,3-12H2,2H3;/q;2*-1;+2. The van der Waals surface area contributed by atoms with Crippen LogP contribution in [0, 0.1) is 13.8 Å². The second kappa shape index (κ2) is 44.8. The molecule has 1 aliphatic rings. The van der Waals surface area contributed by atoms with Crippen LogP contribution in [-0.2, 0) is 29.3 Å². The molecular formula is C61H104N2Ni. The van der Waals surface area contributed by atoms with Gasteiger partial charge in [-0.05, 0) is 86.8 Å². The van der Waals surface area contributed by atoms with Crippen LogP contribution in [0.25, 0.3) is 16.9 Å². The van der Waals surface area contributed by atoms with Crippen LogP contribution in [0.2, 0.25) is 0 Å². The zero-order valence-corrected chi connectivity index (χ0v) is 44.4. The molecule has 0 N–H and O–H groups in total. The molecule has 0 fully saturated rings. The third kappa shape index (κ3) is 28.9. The van der Waals surface area contributed by atoms with Gasteiger partial charge in [-0.3, -0.25) is 0 Å². The predicted octanol–water partition coefficient (Wildman–Crippen LogP) is 21.4. The van der Waals surface area contributed by atoms with Crippen molar-refractivity contribution in [1.82, 2.24) is 0 Å². The number of nitrogens with zero attached hydrogens (tertiary/aromatic N) is 2. The van der Waals surface area contributed by atoms with Crippen LogP contribution in [0.3, 0.4) is 0 Å².